The Morgan fingerprint density at radius 1 is 1.71 bits per heavy atom. The van der Waals surface area contributed by atoms with Crippen LogP contribution in [0.25, 0.3) is 0 Å². The monoisotopic (exact) mass is 197 g/mol. The average molecular weight is 197 g/mol. The number of hydrogen-bond acceptors (Lipinski definition) is 4. The van der Waals surface area contributed by atoms with E-state index in [-0.39, 0.29) is 18.5 Å². The van der Waals surface area contributed by atoms with Crippen LogP contribution in [0.4, 0.5) is 0 Å². The van der Waals surface area contributed by atoms with Gasteiger partial charge in [0.25, 0.3) is 0 Å². The molecule has 1 unspecified atom stereocenters. The summed E-state index contributed by atoms with van der Waals surface area (Å²) in [5.41, 5.74) is 5.58. The van der Waals surface area contributed by atoms with Crippen molar-refractivity contribution < 1.29 is 4.79 Å². The van der Waals surface area contributed by atoms with Crippen molar-refractivity contribution in [3.05, 3.63) is 12.2 Å². The largest absolute Gasteiger partial charge is 0.347 e. The van der Waals surface area contributed by atoms with Crippen molar-refractivity contribution >= 4 is 5.91 Å². The number of carbonyl (C=O) groups excluding carboxylic acids is 1. The Kier molecular flexibility index (Phi) is 3.19. The summed E-state index contributed by atoms with van der Waals surface area (Å²) in [7, 11) is 3.40. The van der Waals surface area contributed by atoms with Gasteiger partial charge in [-0.2, -0.15) is 5.10 Å². The topological polar surface area (TPSA) is 77.0 Å². The molecule has 0 spiro atoms. The summed E-state index contributed by atoms with van der Waals surface area (Å²) in [4.78, 5) is 16.8. The number of nitrogens with zero attached hydrogens (tertiary/aromatic N) is 4. The van der Waals surface area contributed by atoms with E-state index < -0.39 is 0 Å². The smallest absolute Gasteiger partial charge is 0.243 e. The van der Waals surface area contributed by atoms with Gasteiger partial charge in [-0.25, -0.2) is 9.67 Å². The Balaban J connectivity index is 2.64. The second kappa shape index (κ2) is 4.19. The summed E-state index contributed by atoms with van der Waals surface area (Å²) >= 11 is 0. The molecule has 0 aliphatic rings. The van der Waals surface area contributed by atoms with Crippen LogP contribution in [0.5, 0.6) is 0 Å². The first kappa shape index (κ1) is 10.6. The summed E-state index contributed by atoms with van der Waals surface area (Å²) in [5.74, 6) is 0.530. The van der Waals surface area contributed by atoms with Crippen molar-refractivity contribution in [1.82, 2.24) is 19.7 Å². The van der Waals surface area contributed by atoms with Gasteiger partial charge in [-0.15, -0.1) is 0 Å². The fourth-order valence-electron chi connectivity index (χ4n) is 0.874. The van der Waals surface area contributed by atoms with Gasteiger partial charge < -0.3 is 10.6 Å². The first-order valence-electron chi connectivity index (χ1n) is 4.35. The predicted octanol–water partition coefficient (Wildman–Crippen LogP) is -0.614. The molecule has 6 nitrogen and oxygen atoms in total. The molecule has 0 saturated heterocycles. The maximum Gasteiger partial charge on any atom is 0.243 e. The molecular formula is C8H15N5O. The number of carbonyl (C=O) groups is 1. The minimum atomic E-state index is -0.203. The Morgan fingerprint density at radius 3 is 2.79 bits per heavy atom. The van der Waals surface area contributed by atoms with Crippen LogP contribution < -0.4 is 5.73 Å². The number of hydrogen-bond donors (Lipinski definition) is 1. The van der Waals surface area contributed by atoms with Crippen molar-refractivity contribution in [3.8, 4) is 0 Å². The average Bonchev–Trinajstić information content (AvgIpc) is 2.52. The molecule has 0 aliphatic carbocycles. The van der Waals surface area contributed by atoms with E-state index in [0.29, 0.717) is 5.82 Å². The third-order valence-electron chi connectivity index (χ3n) is 1.76. The van der Waals surface area contributed by atoms with Crippen molar-refractivity contribution in [2.75, 3.05) is 14.1 Å². The van der Waals surface area contributed by atoms with E-state index in [9.17, 15) is 4.79 Å². The highest BCUT2D eigenvalue weighted by Crippen LogP contribution is 2.00. The van der Waals surface area contributed by atoms with Gasteiger partial charge in [0.05, 0.1) is 6.04 Å². The molecule has 0 fully saturated rings. The van der Waals surface area contributed by atoms with Gasteiger partial charge in [-0.05, 0) is 6.92 Å². The fraction of sp³-hybridized carbons (Fsp3) is 0.625. The molecule has 1 rings (SSSR count). The predicted molar refractivity (Wildman–Crippen MR) is 51.3 cm³/mol. The minimum absolute atomic E-state index is 0.0221. The molecule has 78 valence electrons. The molecule has 1 aromatic rings. The van der Waals surface area contributed by atoms with Crippen LogP contribution in [0.3, 0.4) is 0 Å². The zero-order valence-corrected chi connectivity index (χ0v) is 8.64. The van der Waals surface area contributed by atoms with E-state index in [1.807, 2.05) is 0 Å². The lowest BCUT2D eigenvalue weighted by atomic mass is 10.4. The molecule has 0 saturated carbocycles. The summed E-state index contributed by atoms with van der Waals surface area (Å²) in [5, 5.41) is 4.07. The van der Waals surface area contributed by atoms with E-state index in [2.05, 4.69) is 10.1 Å². The molecule has 0 aromatic carbocycles. The quantitative estimate of drug-likeness (QED) is 0.701. The van der Waals surface area contributed by atoms with Crippen molar-refractivity contribution in [2.24, 2.45) is 5.73 Å². The Labute approximate surface area is 82.7 Å². The molecular weight excluding hydrogens is 182 g/mol. The summed E-state index contributed by atoms with van der Waals surface area (Å²) < 4.78 is 1.49. The van der Waals surface area contributed by atoms with Crippen LogP contribution in [-0.2, 0) is 11.3 Å². The molecule has 0 bridgehead atoms. The number of amides is 1. The van der Waals surface area contributed by atoms with Gasteiger partial charge in [0, 0.05) is 14.1 Å². The molecule has 6 heteroatoms. The zero-order chi connectivity index (χ0) is 10.7. The standard InChI is InChI=1S/C8H15N5O/c1-6(9)8-10-5-13(11-8)4-7(14)12(2)3/h5-6H,4,9H2,1-3H3. The molecule has 0 aliphatic heterocycles. The lowest BCUT2D eigenvalue weighted by Crippen LogP contribution is -2.26. The maximum atomic E-state index is 11.3. The molecule has 1 amide bonds. The van der Waals surface area contributed by atoms with E-state index >= 15 is 0 Å². The summed E-state index contributed by atoms with van der Waals surface area (Å²) in [6.45, 7) is 2.00. The van der Waals surface area contributed by atoms with Crippen LogP contribution in [0, 0.1) is 0 Å². The van der Waals surface area contributed by atoms with Gasteiger partial charge >= 0.3 is 0 Å². The van der Waals surface area contributed by atoms with Gasteiger partial charge in [-0.3, -0.25) is 4.79 Å². The summed E-state index contributed by atoms with van der Waals surface area (Å²) in [6.07, 6.45) is 1.51. The van der Waals surface area contributed by atoms with Gasteiger partial charge in [-0.1, -0.05) is 0 Å². The third kappa shape index (κ3) is 2.53. The van der Waals surface area contributed by atoms with E-state index in [4.69, 9.17) is 5.73 Å². The second-order valence-electron chi connectivity index (χ2n) is 3.38. The molecule has 0 radical (unpaired) electrons. The molecule has 1 heterocycles. The molecule has 1 aromatic heterocycles. The van der Waals surface area contributed by atoms with E-state index in [0.717, 1.165) is 0 Å². The van der Waals surface area contributed by atoms with Crippen LogP contribution in [0.2, 0.25) is 0 Å². The SMILES string of the molecule is CC(N)c1ncn(CC(=O)N(C)C)n1. The van der Waals surface area contributed by atoms with E-state index in [1.165, 1.54) is 15.9 Å². The maximum absolute atomic E-state index is 11.3. The zero-order valence-electron chi connectivity index (χ0n) is 8.64. The van der Waals surface area contributed by atoms with Crippen LogP contribution in [0.15, 0.2) is 6.33 Å². The van der Waals surface area contributed by atoms with Gasteiger partial charge in [0.1, 0.15) is 12.9 Å². The Hall–Kier alpha value is -1.43. The lowest BCUT2D eigenvalue weighted by Gasteiger charge is -2.09. The fourth-order valence-corrected chi connectivity index (χ4v) is 0.874. The molecule has 14 heavy (non-hydrogen) atoms. The number of likely N-dealkylation sites (N-methyl/N-ethyl adjacent to an activating group) is 1. The highest BCUT2D eigenvalue weighted by atomic mass is 16.2. The highest BCUT2D eigenvalue weighted by molar-refractivity contribution is 5.75. The third-order valence-corrected chi connectivity index (χ3v) is 1.76. The van der Waals surface area contributed by atoms with Crippen molar-refractivity contribution in [2.45, 2.75) is 19.5 Å². The second-order valence-corrected chi connectivity index (χ2v) is 3.38. The first-order valence-corrected chi connectivity index (χ1v) is 4.35. The van der Waals surface area contributed by atoms with Gasteiger partial charge in [0.15, 0.2) is 5.82 Å². The summed E-state index contributed by atoms with van der Waals surface area (Å²) in [6, 6.07) is -0.203. The number of nitrogens with two attached hydrogens (primary N) is 1. The van der Waals surface area contributed by atoms with Gasteiger partial charge in [0.2, 0.25) is 5.91 Å². The lowest BCUT2D eigenvalue weighted by molar-refractivity contribution is -0.129. The normalized spacial score (nSPS) is 12.6. The Bertz CT molecular complexity index is 317. The van der Waals surface area contributed by atoms with Crippen LogP contribution >= 0.6 is 0 Å². The van der Waals surface area contributed by atoms with Crippen molar-refractivity contribution in [1.29, 1.82) is 0 Å². The minimum Gasteiger partial charge on any atom is -0.347 e. The number of rotatable bonds is 3. The highest BCUT2D eigenvalue weighted by Gasteiger charge is 2.09. The van der Waals surface area contributed by atoms with Crippen LogP contribution in [0.1, 0.15) is 18.8 Å². The number of aromatic nitrogens is 3. The van der Waals surface area contributed by atoms with Crippen molar-refractivity contribution in [3.63, 3.8) is 0 Å². The van der Waals surface area contributed by atoms with Crippen LogP contribution in [-0.4, -0.2) is 39.7 Å². The Morgan fingerprint density at radius 2 is 2.36 bits per heavy atom. The molecule has 2 N–H and O–H groups in total. The van der Waals surface area contributed by atoms with E-state index in [1.54, 1.807) is 21.0 Å². The first-order chi connectivity index (χ1) is 6.50. The molecule has 1 atom stereocenters.